The number of hydrogen-bond donors (Lipinski definition) is 2. The van der Waals surface area contributed by atoms with Crippen LogP contribution in [0.1, 0.15) is 40.0 Å². The normalized spacial score (nSPS) is 16.0. The zero-order chi connectivity index (χ0) is 15.1. The summed E-state index contributed by atoms with van der Waals surface area (Å²) in [7, 11) is 0. The summed E-state index contributed by atoms with van der Waals surface area (Å²) in [6.45, 7) is 8.38. The summed E-state index contributed by atoms with van der Waals surface area (Å²) >= 11 is 0. The molecule has 21 heavy (non-hydrogen) atoms. The summed E-state index contributed by atoms with van der Waals surface area (Å²) in [4.78, 5) is 13.0. The largest absolute Gasteiger partial charge is 0.461 e. The molecule has 0 bridgehead atoms. The molecule has 1 aromatic heterocycles. The zero-order valence-corrected chi connectivity index (χ0v) is 13.1. The van der Waals surface area contributed by atoms with E-state index in [-0.39, 0.29) is 6.10 Å². The van der Waals surface area contributed by atoms with Crippen LogP contribution in [-0.2, 0) is 4.74 Å². The number of rotatable bonds is 7. The van der Waals surface area contributed by atoms with Crippen molar-refractivity contribution in [3.05, 3.63) is 0 Å². The minimum absolute atomic E-state index is 0.0300. The smallest absolute Gasteiger partial charge is 0.323 e. The van der Waals surface area contributed by atoms with Gasteiger partial charge >= 0.3 is 6.01 Å². The van der Waals surface area contributed by atoms with Crippen LogP contribution in [0, 0.1) is 0 Å². The van der Waals surface area contributed by atoms with Crippen LogP contribution in [0.25, 0.3) is 0 Å². The Morgan fingerprint density at radius 1 is 1.19 bits per heavy atom. The second-order valence-corrected chi connectivity index (χ2v) is 5.39. The first-order chi connectivity index (χ1) is 10.2. The van der Waals surface area contributed by atoms with E-state index in [1.807, 2.05) is 13.8 Å². The van der Waals surface area contributed by atoms with Crippen molar-refractivity contribution >= 4 is 11.9 Å². The first-order valence-corrected chi connectivity index (χ1v) is 7.68. The van der Waals surface area contributed by atoms with Gasteiger partial charge in [0.25, 0.3) is 0 Å². The average Bonchev–Trinajstić information content (AvgIpc) is 2.45. The third-order valence-electron chi connectivity index (χ3n) is 3.04. The Labute approximate surface area is 125 Å². The van der Waals surface area contributed by atoms with Crippen molar-refractivity contribution in [3.63, 3.8) is 0 Å². The number of ether oxygens (including phenoxy) is 2. The lowest BCUT2D eigenvalue weighted by molar-refractivity contribution is 0.0903. The highest BCUT2D eigenvalue weighted by atomic mass is 16.5. The van der Waals surface area contributed by atoms with Crippen molar-refractivity contribution in [1.29, 1.82) is 0 Å². The van der Waals surface area contributed by atoms with Gasteiger partial charge in [-0.15, -0.1) is 0 Å². The highest BCUT2D eigenvalue weighted by Crippen LogP contribution is 2.16. The Balaban J connectivity index is 2.09. The van der Waals surface area contributed by atoms with Crippen LogP contribution in [0.15, 0.2) is 0 Å². The molecule has 0 aromatic carbocycles. The molecule has 0 aliphatic carbocycles. The van der Waals surface area contributed by atoms with E-state index < -0.39 is 0 Å². The predicted molar refractivity (Wildman–Crippen MR) is 81.8 cm³/mol. The zero-order valence-electron chi connectivity index (χ0n) is 13.1. The molecule has 0 spiro atoms. The number of hydrogen-bond acceptors (Lipinski definition) is 7. The first kappa shape index (κ1) is 15.8. The van der Waals surface area contributed by atoms with Crippen molar-refractivity contribution in [3.8, 4) is 6.01 Å². The molecule has 1 aliphatic rings. The van der Waals surface area contributed by atoms with Gasteiger partial charge in [0.05, 0.1) is 6.10 Å². The summed E-state index contributed by atoms with van der Waals surface area (Å²) in [5.41, 5.74) is 0. The quantitative estimate of drug-likeness (QED) is 0.797. The van der Waals surface area contributed by atoms with Crippen LogP contribution in [-0.4, -0.2) is 46.9 Å². The van der Waals surface area contributed by atoms with Crippen molar-refractivity contribution in [2.75, 3.05) is 30.4 Å². The molecule has 0 saturated carbocycles. The molecule has 0 amide bonds. The number of anilines is 2. The Morgan fingerprint density at radius 3 is 2.57 bits per heavy atom. The lowest BCUT2D eigenvalue weighted by Gasteiger charge is -2.23. The van der Waals surface area contributed by atoms with Gasteiger partial charge in [0.2, 0.25) is 11.9 Å². The molecular weight excluding hydrogens is 270 g/mol. The van der Waals surface area contributed by atoms with Gasteiger partial charge in [-0.2, -0.15) is 15.0 Å². The van der Waals surface area contributed by atoms with Gasteiger partial charge < -0.3 is 20.1 Å². The van der Waals surface area contributed by atoms with E-state index in [0.29, 0.717) is 23.9 Å². The minimum Gasteiger partial charge on any atom is -0.461 e. The fourth-order valence-corrected chi connectivity index (χ4v) is 2.02. The minimum atomic E-state index is 0.0300. The van der Waals surface area contributed by atoms with Crippen LogP contribution >= 0.6 is 0 Å². The number of nitrogens with one attached hydrogen (secondary N) is 2. The maximum atomic E-state index is 5.60. The standard InChI is InChI=1S/C14H25N5O2/c1-4-7-15-12-17-13(16-11-5-8-20-9-6-11)19-14(18-12)21-10(2)3/h10-11H,4-9H2,1-3H3,(H2,15,16,17,18,19). The molecule has 1 fully saturated rings. The molecule has 1 aromatic rings. The number of nitrogens with zero attached hydrogens (tertiary/aromatic N) is 3. The third kappa shape index (κ3) is 5.34. The van der Waals surface area contributed by atoms with Crippen LogP contribution in [0.5, 0.6) is 6.01 Å². The van der Waals surface area contributed by atoms with E-state index >= 15 is 0 Å². The SMILES string of the molecule is CCCNc1nc(NC2CCOCC2)nc(OC(C)C)n1. The van der Waals surface area contributed by atoms with Crippen LogP contribution in [0.2, 0.25) is 0 Å². The molecular formula is C14H25N5O2. The van der Waals surface area contributed by atoms with Crippen molar-refractivity contribution in [1.82, 2.24) is 15.0 Å². The Morgan fingerprint density at radius 2 is 1.90 bits per heavy atom. The lowest BCUT2D eigenvalue weighted by Crippen LogP contribution is -2.29. The summed E-state index contributed by atoms with van der Waals surface area (Å²) in [6, 6.07) is 0.695. The van der Waals surface area contributed by atoms with Crippen LogP contribution in [0.3, 0.4) is 0 Å². The van der Waals surface area contributed by atoms with Crippen LogP contribution < -0.4 is 15.4 Å². The summed E-state index contributed by atoms with van der Waals surface area (Å²) < 4.78 is 11.0. The third-order valence-corrected chi connectivity index (χ3v) is 3.04. The van der Waals surface area contributed by atoms with Gasteiger partial charge in [-0.3, -0.25) is 0 Å². The van der Waals surface area contributed by atoms with E-state index in [1.165, 1.54) is 0 Å². The lowest BCUT2D eigenvalue weighted by atomic mass is 10.1. The average molecular weight is 295 g/mol. The van der Waals surface area contributed by atoms with Gasteiger partial charge in [-0.1, -0.05) is 6.92 Å². The summed E-state index contributed by atoms with van der Waals surface area (Å²) in [6.07, 6.45) is 2.96. The van der Waals surface area contributed by atoms with Crippen molar-refractivity contribution in [2.24, 2.45) is 0 Å². The molecule has 0 unspecified atom stereocenters. The van der Waals surface area contributed by atoms with E-state index in [4.69, 9.17) is 9.47 Å². The van der Waals surface area contributed by atoms with E-state index in [2.05, 4.69) is 32.5 Å². The first-order valence-electron chi connectivity index (χ1n) is 7.68. The molecule has 118 valence electrons. The fourth-order valence-electron chi connectivity index (χ4n) is 2.02. The molecule has 1 saturated heterocycles. The molecule has 1 aliphatic heterocycles. The Hall–Kier alpha value is -1.63. The molecule has 7 nitrogen and oxygen atoms in total. The fraction of sp³-hybridized carbons (Fsp3) is 0.786. The number of aromatic nitrogens is 3. The van der Waals surface area contributed by atoms with Gasteiger partial charge in [-0.05, 0) is 33.1 Å². The van der Waals surface area contributed by atoms with Gasteiger partial charge in [0.1, 0.15) is 0 Å². The summed E-state index contributed by atoms with van der Waals surface area (Å²) in [5.74, 6) is 1.11. The maximum Gasteiger partial charge on any atom is 0.323 e. The Bertz CT molecular complexity index is 435. The van der Waals surface area contributed by atoms with Crippen molar-refractivity contribution in [2.45, 2.75) is 52.2 Å². The van der Waals surface area contributed by atoms with Crippen LogP contribution in [0.4, 0.5) is 11.9 Å². The highest BCUT2D eigenvalue weighted by Gasteiger charge is 2.16. The summed E-state index contributed by atoms with van der Waals surface area (Å²) in [5, 5.41) is 6.53. The Kier molecular flexibility index (Phi) is 5.98. The topological polar surface area (TPSA) is 81.2 Å². The van der Waals surface area contributed by atoms with Gasteiger partial charge in [0, 0.05) is 25.8 Å². The van der Waals surface area contributed by atoms with Crippen molar-refractivity contribution < 1.29 is 9.47 Å². The molecule has 2 heterocycles. The van der Waals surface area contributed by atoms with E-state index in [9.17, 15) is 0 Å². The predicted octanol–water partition coefficient (Wildman–Crippen LogP) is 2.07. The molecule has 2 N–H and O–H groups in total. The second-order valence-electron chi connectivity index (χ2n) is 5.39. The van der Waals surface area contributed by atoms with E-state index in [1.54, 1.807) is 0 Å². The highest BCUT2D eigenvalue weighted by molar-refractivity contribution is 5.36. The van der Waals surface area contributed by atoms with Gasteiger partial charge in [0.15, 0.2) is 0 Å². The van der Waals surface area contributed by atoms with Gasteiger partial charge in [-0.25, -0.2) is 0 Å². The monoisotopic (exact) mass is 295 g/mol. The van der Waals surface area contributed by atoms with E-state index in [0.717, 1.165) is 39.0 Å². The molecule has 2 rings (SSSR count). The second kappa shape index (κ2) is 7.97. The molecule has 7 heteroatoms. The molecule has 0 radical (unpaired) electrons. The maximum absolute atomic E-state index is 5.60. The molecule has 0 atom stereocenters.